The molecule has 1 aliphatic heterocycles. The SMILES string of the molecule is CC.C[N+]1=C(/C=C/c2cccc3c2nc2ccccc2[n+]3C)C(C)(C)c2ccccc21.O=S(=O)([O-])C(F)(F)F.[I-]. The van der Waals surface area contributed by atoms with Crippen LogP contribution in [0.4, 0.5) is 18.9 Å². The van der Waals surface area contributed by atoms with E-state index in [1.54, 1.807) is 0 Å². The number of benzene rings is 3. The Morgan fingerprint density at radius 1 is 0.875 bits per heavy atom. The van der Waals surface area contributed by atoms with Gasteiger partial charge < -0.3 is 28.5 Å². The summed E-state index contributed by atoms with van der Waals surface area (Å²) in [6.45, 7) is 8.59. The lowest BCUT2D eigenvalue weighted by Gasteiger charge is -2.15. The molecule has 0 radical (unpaired) electrons. The summed E-state index contributed by atoms with van der Waals surface area (Å²) in [5.74, 6) is 0. The van der Waals surface area contributed by atoms with Crippen molar-refractivity contribution < 1.29 is 59.3 Å². The summed E-state index contributed by atoms with van der Waals surface area (Å²) in [4.78, 5) is 4.98. The van der Waals surface area contributed by atoms with Gasteiger partial charge in [-0.3, -0.25) is 0 Å². The van der Waals surface area contributed by atoms with Gasteiger partial charge in [-0.1, -0.05) is 56.3 Å². The number of para-hydroxylation sites is 4. The summed E-state index contributed by atoms with van der Waals surface area (Å²) in [5.41, 5.74) is 3.73. The molecular formula is C29H31F3IN3O3S. The van der Waals surface area contributed by atoms with Gasteiger partial charge in [0.2, 0.25) is 16.7 Å². The number of aryl methyl sites for hydroxylation is 1. The van der Waals surface area contributed by atoms with Gasteiger partial charge in [0.1, 0.15) is 25.1 Å². The lowest BCUT2D eigenvalue weighted by Crippen LogP contribution is -3.00. The highest BCUT2D eigenvalue weighted by Gasteiger charge is 2.42. The van der Waals surface area contributed by atoms with Crippen LogP contribution in [0.2, 0.25) is 0 Å². The zero-order valence-electron chi connectivity index (χ0n) is 23.0. The van der Waals surface area contributed by atoms with Crippen LogP contribution in [-0.2, 0) is 22.6 Å². The van der Waals surface area contributed by atoms with E-state index in [4.69, 9.17) is 18.0 Å². The Kier molecular flexibility index (Phi) is 10.6. The molecule has 1 aromatic heterocycles. The number of alkyl halides is 3. The van der Waals surface area contributed by atoms with Crippen LogP contribution < -0.4 is 28.5 Å². The number of nitrogens with zero attached hydrogens (tertiary/aromatic N) is 3. The predicted octanol–water partition coefficient (Wildman–Crippen LogP) is 3.01. The molecule has 0 aliphatic carbocycles. The third kappa shape index (κ3) is 6.52. The molecule has 4 aromatic rings. The fourth-order valence-electron chi connectivity index (χ4n) is 4.64. The first kappa shape index (κ1) is 33.3. The Bertz CT molecular complexity index is 1700. The van der Waals surface area contributed by atoms with Gasteiger partial charge >= 0.3 is 5.51 Å². The van der Waals surface area contributed by atoms with Crippen LogP contribution in [-0.4, -0.2) is 40.8 Å². The molecule has 40 heavy (non-hydrogen) atoms. The number of hydrogen-bond donors (Lipinski definition) is 0. The van der Waals surface area contributed by atoms with Crippen LogP contribution in [0.3, 0.4) is 0 Å². The first-order chi connectivity index (χ1) is 18.2. The quantitative estimate of drug-likeness (QED) is 0.107. The van der Waals surface area contributed by atoms with E-state index in [0.29, 0.717) is 0 Å². The van der Waals surface area contributed by atoms with E-state index in [-0.39, 0.29) is 29.4 Å². The minimum atomic E-state index is -6.09. The second-order valence-corrected chi connectivity index (χ2v) is 10.6. The van der Waals surface area contributed by atoms with Crippen LogP contribution in [0.5, 0.6) is 0 Å². The molecule has 6 nitrogen and oxygen atoms in total. The molecule has 0 saturated heterocycles. The van der Waals surface area contributed by atoms with E-state index in [0.717, 1.165) is 27.6 Å². The molecule has 5 rings (SSSR count). The third-order valence-corrected chi connectivity index (χ3v) is 7.09. The average molecular weight is 686 g/mol. The molecule has 1 aliphatic rings. The van der Waals surface area contributed by atoms with E-state index in [2.05, 4.69) is 110 Å². The number of allylic oxidation sites excluding steroid dienone is 1. The maximum Gasteiger partial charge on any atom is 0.485 e. The van der Waals surface area contributed by atoms with Gasteiger partial charge in [0.15, 0.2) is 15.8 Å². The highest BCUT2D eigenvalue weighted by Crippen LogP contribution is 2.39. The molecular weight excluding hydrogens is 654 g/mol. The predicted molar refractivity (Wildman–Crippen MR) is 147 cm³/mol. The van der Waals surface area contributed by atoms with E-state index in [1.165, 1.54) is 17.0 Å². The Morgan fingerprint density at radius 3 is 2.02 bits per heavy atom. The highest BCUT2D eigenvalue weighted by molar-refractivity contribution is 7.86. The van der Waals surface area contributed by atoms with Crippen molar-refractivity contribution in [3.05, 3.63) is 83.9 Å². The fourth-order valence-corrected chi connectivity index (χ4v) is 4.64. The minimum Gasteiger partial charge on any atom is -1.00 e. The first-order valence-corrected chi connectivity index (χ1v) is 13.7. The molecule has 0 unspecified atom stereocenters. The molecule has 2 heterocycles. The monoisotopic (exact) mass is 685 g/mol. The van der Waals surface area contributed by atoms with Gasteiger partial charge in [-0.15, -0.1) is 0 Å². The van der Waals surface area contributed by atoms with Gasteiger partial charge in [-0.05, 0) is 26.0 Å². The smallest absolute Gasteiger partial charge is 0.485 e. The van der Waals surface area contributed by atoms with Crippen LogP contribution in [0.1, 0.15) is 38.8 Å². The van der Waals surface area contributed by atoms with Crippen molar-refractivity contribution >= 4 is 49.7 Å². The molecule has 0 atom stereocenters. The largest absolute Gasteiger partial charge is 1.00 e. The van der Waals surface area contributed by atoms with Crippen molar-refractivity contribution in [2.24, 2.45) is 7.05 Å². The number of aromatic nitrogens is 2. The molecule has 214 valence electrons. The number of rotatable bonds is 2. The van der Waals surface area contributed by atoms with Gasteiger partial charge in [-0.25, -0.2) is 13.4 Å². The fraction of sp³-hybridized carbons (Fsp3) is 0.276. The van der Waals surface area contributed by atoms with Gasteiger partial charge in [0, 0.05) is 35.4 Å². The summed E-state index contributed by atoms with van der Waals surface area (Å²) < 4.78 is 63.4. The molecule has 0 N–H and O–H groups in total. The second kappa shape index (κ2) is 12.7. The maximum atomic E-state index is 10.7. The lowest BCUT2D eigenvalue weighted by atomic mass is 9.81. The van der Waals surface area contributed by atoms with Crippen molar-refractivity contribution in [1.29, 1.82) is 0 Å². The van der Waals surface area contributed by atoms with Crippen LogP contribution in [0.15, 0.2) is 72.8 Å². The minimum absolute atomic E-state index is 0. The highest BCUT2D eigenvalue weighted by atomic mass is 127. The number of halogens is 4. The van der Waals surface area contributed by atoms with Gasteiger partial charge in [0.05, 0.1) is 5.41 Å². The summed E-state index contributed by atoms with van der Waals surface area (Å²) in [5, 5.41) is 0. The molecule has 0 bridgehead atoms. The van der Waals surface area contributed by atoms with Crippen molar-refractivity contribution in [3.63, 3.8) is 0 Å². The van der Waals surface area contributed by atoms with E-state index < -0.39 is 15.6 Å². The van der Waals surface area contributed by atoms with Crippen molar-refractivity contribution in [2.45, 2.75) is 38.6 Å². The topological polar surface area (TPSA) is 77.0 Å². The van der Waals surface area contributed by atoms with Gasteiger partial charge in [0.25, 0.3) is 0 Å². The Morgan fingerprint density at radius 2 is 1.43 bits per heavy atom. The van der Waals surface area contributed by atoms with Crippen LogP contribution in [0, 0.1) is 0 Å². The average Bonchev–Trinajstić information content (AvgIpc) is 3.08. The normalized spacial score (nSPS) is 14.2. The van der Waals surface area contributed by atoms with E-state index in [9.17, 15) is 13.2 Å². The Labute approximate surface area is 249 Å². The first-order valence-electron chi connectivity index (χ1n) is 12.3. The molecule has 0 amide bonds. The maximum absolute atomic E-state index is 10.7. The van der Waals surface area contributed by atoms with E-state index >= 15 is 0 Å². The standard InChI is InChI=1S/C26H25N3.C2H6.CHF3O3S.HI/c1-26(2)19-11-5-7-13-21(19)29(4)24(26)17-16-18-10-9-15-23-25(18)27-20-12-6-8-14-22(20)28(23)3;1-2;2-1(3,4)8(5,6)7;/h5-17H,1-4H3;1-2H3;(H,5,6,7);1H/q+2;;;/p-2. The van der Waals surface area contributed by atoms with E-state index in [1.807, 2.05) is 19.9 Å². The van der Waals surface area contributed by atoms with Crippen LogP contribution in [0.25, 0.3) is 28.1 Å². The van der Waals surface area contributed by atoms with Crippen molar-refractivity contribution in [3.8, 4) is 0 Å². The molecule has 3 aromatic carbocycles. The summed E-state index contributed by atoms with van der Waals surface area (Å²) in [6, 6.07) is 23.4. The molecule has 11 heteroatoms. The Hall–Kier alpha value is -2.90. The zero-order valence-corrected chi connectivity index (χ0v) is 26.0. The van der Waals surface area contributed by atoms with Crippen molar-refractivity contribution in [1.82, 2.24) is 4.98 Å². The van der Waals surface area contributed by atoms with Crippen LogP contribution >= 0.6 is 0 Å². The second-order valence-electron chi connectivity index (χ2n) is 9.19. The summed E-state index contributed by atoms with van der Waals surface area (Å²) >= 11 is 0. The lowest BCUT2D eigenvalue weighted by molar-refractivity contribution is -0.617. The molecule has 0 fully saturated rings. The van der Waals surface area contributed by atoms with Crippen molar-refractivity contribution in [2.75, 3.05) is 7.05 Å². The van der Waals surface area contributed by atoms with Gasteiger partial charge in [-0.2, -0.15) is 22.3 Å². The summed E-state index contributed by atoms with van der Waals surface area (Å²) in [7, 11) is -1.83. The Balaban J connectivity index is 0.000000443. The molecule has 0 saturated carbocycles. The summed E-state index contributed by atoms with van der Waals surface area (Å²) in [6.07, 6.45) is 4.47. The molecule has 0 spiro atoms. The number of hydrogen-bond acceptors (Lipinski definition) is 4. The zero-order chi connectivity index (χ0) is 29.2. The number of fused-ring (bicyclic) bond motifs is 3. The third-order valence-electron chi connectivity index (χ3n) is 6.53.